The summed E-state index contributed by atoms with van der Waals surface area (Å²) in [6.07, 6.45) is 17.3. The first-order chi connectivity index (χ1) is 9.34. The van der Waals surface area contributed by atoms with Crippen molar-refractivity contribution in [2.75, 3.05) is 0 Å². The smallest absolute Gasteiger partial charge is 1.00 e. The van der Waals surface area contributed by atoms with Crippen LogP contribution in [0.25, 0.3) is 0 Å². The van der Waals surface area contributed by atoms with E-state index in [1.54, 1.807) is 0 Å². The third-order valence-electron chi connectivity index (χ3n) is 2.69. The Morgan fingerprint density at radius 3 is 1.23 bits per heavy atom. The van der Waals surface area contributed by atoms with Crippen LogP contribution in [0, 0.1) is 24.0 Å². The van der Waals surface area contributed by atoms with Crippen molar-refractivity contribution < 1.29 is 44.0 Å². The van der Waals surface area contributed by atoms with E-state index in [1.807, 2.05) is 0 Å². The van der Waals surface area contributed by atoms with Gasteiger partial charge in [0, 0.05) is 0 Å². The molecular formula is C18H28Cl2SiTi-2. The van der Waals surface area contributed by atoms with Crippen molar-refractivity contribution in [2.45, 2.75) is 53.6 Å². The second-order valence-corrected chi connectivity index (χ2v) is 12.5. The Hall–Kier alpha value is 0.471. The van der Waals surface area contributed by atoms with Crippen molar-refractivity contribution in [1.29, 1.82) is 0 Å². The Balaban J connectivity index is -0.000000249. The van der Waals surface area contributed by atoms with Gasteiger partial charge in [0.05, 0.1) is 0 Å². The van der Waals surface area contributed by atoms with Crippen LogP contribution in [0.1, 0.15) is 40.5 Å². The Morgan fingerprint density at radius 2 is 1.14 bits per heavy atom. The molecule has 0 amide bonds. The minimum absolute atomic E-state index is 0. The second kappa shape index (κ2) is 16.3. The summed E-state index contributed by atoms with van der Waals surface area (Å²) in [5.74, 6) is 1.32. The first kappa shape index (κ1) is 27.3. The molecule has 0 heterocycles. The molecule has 22 heavy (non-hydrogen) atoms. The van der Waals surface area contributed by atoms with Crippen LogP contribution >= 0.6 is 0 Å². The molecule has 0 saturated heterocycles. The van der Waals surface area contributed by atoms with Crippen LogP contribution in [0.3, 0.4) is 0 Å². The number of rotatable bonds is 2. The van der Waals surface area contributed by atoms with Gasteiger partial charge >= 0.3 is 38.5 Å². The fourth-order valence-electron chi connectivity index (χ4n) is 1.64. The molecule has 2 aliphatic rings. The van der Waals surface area contributed by atoms with Crippen LogP contribution < -0.4 is 24.8 Å². The SMILES string of the molecule is CC(C)C1=[C-]CC=C1.CC(C)C1=[C-]CC=C1.C[Si](C)=[Ti+2].[Cl-].[Cl-]. The summed E-state index contributed by atoms with van der Waals surface area (Å²) in [6, 6.07) is 0. The third-order valence-corrected chi connectivity index (χ3v) is 2.69. The second-order valence-electron chi connectivity index (χ2n) is 5.79. The van der Waals surface area contributed by atoms with Gasteiger partial charge in [-0.05, 0) is 0 Å². The monoisotopic (exact) mass is 390 g/mol. The van der Waals surface area contributed by atoms with Gasteiger partial charge in [-0.15, -0.1) is 12.8 Å². The van der Waals surface area contributed by atoms with Crippen LogP contribution in [0.4, 0.5) is 0 Å². The van der Waals surface area contributed by atoms with Crippen molar-refractivity contribution in [2.24, 2.45) is 11.8 Å². The molecule has 0 aromatic rings. The van der Waals surface area contributed by atoms with Gasteiger partial charge in [0.1, 0.15) is 0 Å². The molecule has 0 aliphatic heterocycles. The predicted octanol–water partition coefficient (Wildman–Crippen LogP) is -0.544. The van der Waals surface area contributed by atoms with Crippen LogP contribution in [0.2, 0.25) is 13.1 Å². The zero-order chi connectivity index (χ0) is 15.5. The van der Waals surface area contributed by atoms with E-state index >= 15 is 0 Å². The number of allylic oxidation sites excluding steroid dienone is 8. The van der Waals surface area contributed by atoms with Crippen LogP contribution in [0.15, 0.2) is 35.5 Å². The molecule has 0 aromatic heterocycles. The van der Waals surface area contributed by atoms with E-state index < -0.39 is 0 Å². The van der Waals surface area contributed by atoms with E-state index in [9.17, 15) is 0 Å². The largest absolute Gasteiger partial charge is 1.00 e. The maximum Gasteiger partial charge on any atom is -1.00 e. The Labute approximate surface area is 162 Å². The zero-order valence-electron chi connectivity index (χ0n) is 14.6. The number of hydrogen-bond donors (Lipinski definition) is 0. The Bertz CT molecular complexity index is 381. The summed E-state index contributed by atoms with van der Waals surface area (Å²) < 4.78 is 0. The van der Waals surface area contributed by atoms with Crippen molar-refractivity contribution in [3.63, 3.8) is 0 Å². The standard InChI is InChI=1S/2C8H11.C2H6Si.2ClH.Ti/c2*1-7(2)8-5-3-4-6-8;1-3-2;;;/h2*3,5,7H,4H2,1-2H3;1-2H3;2*1H;/q2*-1;;;;+2/p-2. The number of halogens is 2. The molecule has 0 radical (unpaired) electrons. The van der Waals surface area contributed by atoms with Crippen LogP contribution in [0.5, 0.6) is 0 Å². The molecule has 2 rings (SSSR count). The van der Waals surface area contributed by atoms with Crippen molar-refractivity contribution in [3.8, 4) is 0 Å². The molecule has 0 atom stereocenters. The van der Waals surface area contributed by atoms with E-state index in [-0.39, 0.29) is 31.0 Å². The van der Waals surface area contributed by atoms with Crippen molar-refractivity contribution in [3.05, 3.63) is 47.6 Å². The average molecular weight is 391 g/mol. The van der Waals surface area contributed by atoms with Crippen molar-refractivity contribution >= 4 is 6.19 Å². The van der Waals surface area contributed by atoms with Gasteiger partial charge in [-0.1, -0.05) is 39.5 Å². The molecule has 0 N–H and O–H groups in total. The summed E-state index contributed by atoms with van der Waals surface area (Å²) >= 11 is 2.27. The fourth-order valence-corrected chi connectivity index (χ4v) is 1.64. The summed E-state index contributed by atoms with van der Waals surface area (Å²) in [5, 5.41) is 0. The van der Waals surface area contributed by atoms with Gasteiger partial charge in [-0.2, -0.15) is 12.2 Å². The van der Waals surface area contributed by atoms with E-state index in [2.05, 4.69) is 96.4 Å². The summed E-state index contributed by atoms with van der Waals surface area (Å²) in [5.41, 5.74) is 2.73. The Morgan fingerprint density at radius 1 is 0.864 bits per heavy atom. The molecule has 0 spiro atoms. The molecule has 4 heteroatoms. The number of hydrogen-bond acceptors (Lipinski definition) is 0. The topological polar surface area (TPSA) is 0 Å². The van der Waals surface area contributed by atoms with Gasteiger partial charge in [-0.3, -0.25) is 12.2 Å². The summed E-state index contributed by atoms with van der Waals surface area (Å²) in [7, 11) is 0. The van der Waals surface area contributed by atoms with Crippen LogP contribution in [-0.2, 0) is 19.2 Å². The first-order valence-electron chi connectivity index (χ1n) is 7.40. The van der Waals surface area contributed by atoms with E-state index in [4.69, 9.17) is 0 Å². The molecule has 0 unspecified atom stereocenters. The van der Waals surface area contributed by atoms with Gasteiger partial charge in [0.25, 0.3) is 0 Å². The van der Waals surface area contributed by atoms with Gasteiger partial charge in [0.15, 0.2) is 0 Å². The average Bonchev–Trinajstić information content (AvgIpc) is 3.03. The Kier molecular flexibility index (Phi) is 20.3. The maximum atomic E-state index is 3.26. The van der Waals surface area contributed by atoms with Gasteiger partial charge in [-0.25, -0.2) is 23.3 Å². The first-order valence-corrected chi connectivity index (χ1v) is 12.2. The van der Waals surface area contributed by atoms with E-state index in [0.717, 1.165) is 12.8 Å². The quantitative estimate of drug-likeness (QED) is 0.438. The normalized spacial score (nSPS) is 14.1. The third kappa shape index (κ3) is 15.4. The molecule has 124 valence electrons. The molecule has 0 bridgehead atoms. The molecule has 0 aromatic carbocycles. The van der Waals surface area contributed by atoms with E-state index in [1.165, 1.54) is 11.1 Å². The van der Waals surface area contributed by atoms with Gasteiger partial charge in [0.2, 0.25) is 0 Å². The molecule has 2 aliphatic carbocycles. The van der Waals surface area contributed by atoms with Gasteiger partial charge < -0.3 is 24.8 Å². The molecule has 0 saturated carbocycles. The minimum Gasteiger partial charge on any atom is -1.00 e. The maximum absolute atomic E-state index is 3.26. The predicted molar refractivity (Wildman–Crippen MR) is 88.2 cm³/mol. The fraction of sp³-hybridized carbons (Fsp3) is 0.556. The van der Waals surface area contributed by atoms with Crippen LogP contribution in [-0.4, -0.2) is 6.19 Å². The van der Waals surface area contributed by atoms with E-state index in [0.29, 0.717) is 11.8 Å². The molecule has 0 fully saturated rings. The summed E-state index contributed by atoms with van der Waals surface area (Å²) in [6.45, 7) is 13.3. The minimum atomic E-state index is 0. The van der Waals surface area contributed by atoms with Crippen molar-refractivity contribution in [1.82, 2.24) is 0 Å². The summed E-state index contributed by atoms with van der Waals surface area (Å²) in [4.78, 5) is 0. The molecule has 0 nitrogen and oxygen atoms in total. The zero-order valence-corrected chi connectivity index (χ0v) is 18.7. The molecular weight excluding hydrogens is 363 g/mol.